The predicted molar refractivity (Wildman–Crippen MR) is 120 cm³/mol. The highest BCUT2D eigenvalue weighted by molar-refractivity contribution is 7.10. The molecule has 0 radical (unpaired) electrons. The Labute approximate surface area is 184 Å². The smallest absolute Gasteiger partial charge is 0.239 e. The molecule has 1 aliphatic heterocycles. The number of nitrogens with two attached hydrogens (primary N) is 1. The van der Waals surface area contributed by atoms with E-state index in [1.807, 2.05) is 30.5 Å². The second-order valence-electron chi connectivity index (χ2n) is 8.48. The third-order valence-corrected chi connectivity index (χ3v) is 7.44. The Hall–Kier alpha value is -3.06. The fourth-order valence-electron chi connectivity index (χ4n) is 4.29. The average molecular weight is 435 g/mol. The third kappa shape index (κ3) is 3.43. The van der Waals surface area contributed by atoms with Crippen molar-refractivity contribution in [3.05, 3.63) is 76.0 Å². The van der Waals surface area contributed by atoms with Crippen molar-refractivity contribution in [2.24, 2.45) is 10.7 Å². The summed E-state index contributed by atoms with van der Waals surface area (Å²) in [6.45, 7) is 1.95. The molecular formula is C24H23FN4OS. The van der Waals surface area contributed by atoms with Crippen molar-refractivity contribution >= 4 is 23.2 Å². The number of guanidine groups is 1. The van der Waals surface area contributed by atoms with Crippen molar-refractivity contribution in [1.82, 2.24) is 9.88 Å². The lowest BCUT2D eigenvalue weighted by atomic mass is 9.77. The molecule has 5 nitrogen and oxygen atoms in total. The number of aromatic nitrogens is 1. The topological polar surface area (TPSA) is 71.6 Å². The van der Waals surface area contributed by atoms with E-state index in [1.165, 1.54) is 46.9 Å². The molecule has 1 aliphatic carbocycles. The van der Waals surface area contributed by atoms with Crippen LogP contribution in [0.15, 0.2) is 59.2 Å². The molecule has 2 atom stereocenters. The molecule has 2 aliphatic rings. The number of halogens is 1. The van der Waals surface area contributed by atoms with Gasteiger partial charge in [-0.3, -0.25) is 14.7 Å². The van der Waals surface area contributed by atoms with Crippen LogP contribution in [0.1, 0.15) is 47.6 Å². The normalized spacial score (nSPS) is 23.7. The van der Waals surface area contributed by atoms with E-state index in [4.69, 9.17) is 10.7 Å². The highest BCUT2D eigenvalue weighted by atomic mass is 32.1. The van der Waals surface area contributed by atoms with E-state index in [9.17, 15) is 9.18 Å². The Morgan fingerprint density at radius 1 is 1.13 bits per heavy atom. The zero-order valence-corrected chi connectivity index (χ0v) is 18.2. The van der Waals surface area contributed by atoms with Gasteiger partial charge in [-0.25, -0.2) is 9.38 Å². The van der Waals surface area contributed by atoms with E-state index in [2.05, 4.69) is 17.1 Å². The summed E-state index contributed by atoms with van der Waals surface area (Å²) in [6, 6.07) is 11.8. The first kappa shape index (κ1) is 19.9. The maximum Gasteiger partial charge on any atom is 0.239 e. The van der Waals surface area contributed by atoms with Gasteiger partial charge in [0, 0.05) is 23.7 Å². The van der Waals surface area contributed by atoms with Gasteiger partial charge in [0.15, 0.2) is 5.96 Å². The van der Waals surface area contributed by atoms with Gasteiger partial charge in [0.2, 0.25) is 5.91 Å². The second kappa shape index (κ2) is 7.27. The SMILES string of the molecule is CN1C(=O)[C@H](c2ccc(C3CC3)cc2)C(C)(c2cc(-c3cncc(F)c3)cs2)N=C1N. The Morgan fingerprint density at radius 3 is 2.52 bits per heavy atom. The zero-order chi connectivity index (χ0) is 21.8. The van der Waals surface area contributed by atoms with E-state index < -0.39 is 11.5 Å². The summed E-state index contributed by atoms with van der Waals surface area (Å²) < 4.78 is 13.7. The number of hydrogen-bond acceptors (Lipinski definition) is 5. The average Bonchev–Trinajstić information content (AvgIpc) is 3.48. The number of pyridine rings is 1. The molecule has 3 heterocycles. The summed E-state index contributed by atoms with van der Waals surface area (Å²) in [5, 5.41) is 1.94. The molecule has 31 heavy (non-hydrogen) atoms. The lowest BCUT2D eigenvalue weighted by molar-refractivity contribution is -0.130. The van der Waals surface area contributed by atoms with Gasteiger partial charge in [-0.15, -0.1) is 11.3 Å². The van der Waals surface area contributed by atoms with Crippen LogP contribution in [0.3, 0.4) is 0 Å². The first-order valence-corrected chi connectivity index (χ1v) is 11.2. The van der Waals surface area contributed by atoms with Crippen molar-refractivity contribution in [2.75, 3.05) is 7.05 Å². The van der Waals surface area contributed by atoms with Gasteiger partial charge in [-0.2, -0.15) is 0 Å². The van der Waals surface area contributed by atoms with Crippen LogP contribution in [0.5, 0.6) is 0 Å². The summed E-state index contributed by atoms with van der Waals surface area (Å²) >= 11 is 1.49. The Kier molecular flexibility index (Phi) is 4.66. The van der Waals surface area contributed by atoms with Crippen molar-refractivity contribution in [3.8, 4) is 11.1 Å². The first-order valence-electron chi connectivity index (χ1n) is 10.3. The third-order valence-electron chi connectivity index (χ3n) is 6.29. The number of benzene rings is 1. The molecule has 0 bridgehead atoms. The molecule has 1 aromatic carbocycles. The molecule has 3 aromatic rings. The van der Waals surface area contributed by atoms with Gasteiger partial charge in [0.05, 0.1) is 12.1 Å². The molecule has 7 heteroatoms. The van der Waals surface area contributed by atoms with Crippen LogP contribution in [0.2, 0.25) is 0 Å². The van der Waals surface area contributed by atoms with Gasteiger partial charge in [0.1, 0.15) is 11.4 Å². The largest absolute Gasteiger partial charge is 0.369 e. The number of carbonyl (C=O) groups is 1. The predicted octanol–water partition coefficient (Wildman–Crippen LogP) is 4.61. The van der Waals surface area contributed by atoms with Crippen LogP contribution in [-0.2, 0) is 10.3 Å². The van der Waals surface area contributed by atoms with Gasteiger partial charge in [-0.1, -0.05) is 24.3 Å². The molecule has 1 unspecified atom stereocenters. The fraction of sp³-hybridized carbons (Fsp3) is 0.292. The molecule has 1 amide bonds. The molecule has 1 saturated carbocycles. The van der Waals surface area contributed by atoms with Crippen molar-refractivity contribution in [2.45, 2.75) is 37.1 Å². The van der Waals surface area contributed by atoms with Crippen molar-refractivity contribution in [3.63, 3.8) is 0 Å². The summed E-state index contributed by atoms with van der Waals surface area (Å²) in [5.41, 5.74) is 9.04. The zero-order valence-electron chi connectivity index (χ0n) is 17.4. The number of amides is 1. The standard InChI is InChI=1S/C24H23FN4OS/c1-24(20-10-18(13-31-20)17-9-19(25)12-27-11-17)21(22(30)29(2)23(26)28-24)16-7-5-15(6-8-16)14-3-4-14/h5-14,21H,3-4H2,1-2H3,(H2,26,28)/t21-,24?/m0/s1. The van der Waals surface area contributed by atoms with E-state index in [1.54, 1.807) is 13.2 Å². The second-order valence-corrected chi connectivity index (χ2v) is 9.39. The molecule has 1 fully saturated rings. The van der Waals surface area contributed by atoms with Crippen molar-refractivity contribution < 1.29 is 9.18 Å². The number of hydrogen-bond donors (Lipinski definition) is 1. The number of carbonyl (C=O) groups excluding carboxylic acids is 1. The number of aliphatic imine (C=N–C) groups is 1. The summed E-state index contributed by atoms with van der Waals surface area (Å²) in [5.74, 6) is -0.132. The number of likely N-dealkylation sites (N-methyl/N-ethyl adjacent to an activating group) is 1. The van der Waals surface area contributed by atoms with Crippen LogP contribution in [0.4, 0.5) is 4.39 Å². The quantitative estimate of drug-likeness (QED) is 0.652. The molecular weight excluding hydrogens is 411 g/mol. The van der Waals surface area contributed by atoms with Crippen LogP contribution in [0.25, 0.3) is 11.1 Å². The molecule has 158 valence electrons. The summed E-state index contributed by atoms with van der Waals surface area (Å²) in [6.07, 6.45) is 5.27. The maximum absolute atomic E-state index is 13.7. The lowest BCUT2D eigenvalue weighted by Crippen LogP contribution is -2.52. The van der Waals surface area contributed by atoms with Gasteiger partial charge < -0.3 is 5.73 Å². The minimum Gasteiger partial charge on any atom is -0.369 e. The molecule has 0 saturated heterocycles. The van der Waals surface area contributed by atoms with Crippen LogP contribution in [-0.4, -0.2) is 28.8 Å². The highest BCUT2D eigenvalue weighted by Crippen LogP contribution is 2.47. The summed E-state index contributed by atoms with van der Waals surface area (Å²) in [4.78, 5) is 24.4. The molecule has 5 rings (SSSR count). The van der Waals surface area contributed by atoms with E-state index in [-0.39, 0.29) is 17.7 Å². The van der Waals surface area contributed by atoms with Crippen LogP contribution in [0, 0.1) is 5.82 Å². The minimum atomic E-state index is -0.863. The Balaban J connectivity index is 1.59. The fourth-order valence-corrected chi connectivity index (χ4v) is 5.34. The summed E-state index contributed by atoms with van der Waals surface area (Å²) in [7, 11) is 1.66. The van der Waals surface area contributed by atoms with Gasteiger partial charge in [0.25, 0.3) is 0 Å². The van der Waals surface area contributed by atoms with E-state index >= 15 is 0 Å². The maximum atomic E-state index is 13.7. The highest BCUT2D eigenvalue weighted by Gasteiger charge is 2.48. The monoisotopic (exact) mass is 434 g/mol. The molecule has 2 N–H and O–H groups in total. The Morgan fingerprint density at radius 2 is 1.84 bits per heavy atom. The van der Waals surface area contributed by atoms with Crippen LogP contribution >= 0.6 is 11.3 Å². The Bertz CT molecular complexity index is 1180. The van der Waals surface area contributed by atoms with E-state index in [0.717, 1.165) is 16.0 Å². The van der Waals surface area contributed by atoms with Crippen molar-refractivity contribution in [1.29, 1.82) is 0 Å². The lowest BCUT2D eigenvalue weighted by Gasteiger charge is -2.40. The number of rotatable bonds is 4. The van der Waals surface area contributed by atoms with Crippen LogP contribution < -0.4 is 5.73 Å². The van der Waals surface area contributed by atoms with Gasteiger partial charge >= 0.3 is 0 Å². The van der Waals surface area contributed by atoms with E-state index in [0.29, 0.717) is 11.5 Å². The number of nitrogens with zero attached hydrogens (tertiary/aromatic N) is 3. The molecule has 0 spiro atoms. The number of thiophene rings is 1. The first-order chi connectivity index (χ1) is 14.9. The minimum absolute atomic E-state index is 0.0865. The van der Waals surface area contributed by atoms with Gasteiger partial charge in [-0.05, 0) is 59.9 Å². The molecule has 2 aromatic heterocycles.